The number of likely N-dealkylation sites (N-methyl/N-ethyl adjacent to an activating group) is 1. The number of hydrogen-bond donors (Lipinski definition) is 2. The minimum absolute atomic E-state index is 0.0263. The van der Waals surface area contributed by atoms with Crippen molar-refractivity contribution in [2.75, 3.05) is 25.5 Å². The van der Waals surface area contributed by atoms with Crippen LogP contribution in [0, 0.1) is 0 Å². The van der Waals surface area contributed by atoms with Crippen LogP contribution in [0.15, 0.2) is 16.5 Å². The first-order valence-corrected chi connectivity index (χ1v) is 6.44. The van der Waals surface area contributed by atoms with E-state index in [1.807, 2.05) is 0 Å². The van der Waals surface area contributed by atoms with Crippen molar-refractivity contribution < 1.29 is 14.3 Å². The van der Waals surface area contributed by atoms with Crippen LogP contribution in [0.2, 0.25) is 0 Å². The summed E-state index contributed by atoms with van der Waals surface area (Å²) in [5.41, 5.74) is 0. The SMILES string of the molecule is CN(CCNc1ccc(C(=O)O)o1)C1CCCC1. The highest BCUT2D eigenvalue weighted by Gasteiger charge is 2.18. The Morgan fingerprint density at radius 3 is 2.83 bits per heavy atom. The van der Waals surface area contributed by atoms with Gasteiger partial charge in [0.05, 0.1) is 0 Å². The molecule has 0 unspecified atom stereocenters. The summed E-state index contributed by atoms with van der Waals surface area (Å²) in [6, 6.07) is 3.82. The van der Waals surface area contributed by atoms with Gasteiger partial charge in [0.2, 0.25) is 5.76 Å². The average Bonchev–Trinajstić information content (AvgIpc) is 3.00. The zero-order valence-corrected chi connectivity index (χ0v) is 10.7. The average molecular weight is 252 g/mol. The van der Waals surface area contributed by atoms with Crippen LogP contribution in [0.3, 0.4) is 0 Å². The van der Waals surface area contributed by atoms with Crippen molar-refractivity contribution in [3.63, 3.8) is 0 Å². The lowest BCUT2D eigenvalue weighted by molar-refractivity contribution is 0.0663. The fraction of sp³-hybridized carbons (Fsp3) is 0.615. The Balaban J connectivity index is 1.72. The third kappa shape index (κ3) is 3.26. The van der Waals surface area contributed by atoms with Gasteiger partial charge in [-0.1, -0.05) is 12.8 Å². The van der Waals surface area contributed by atoms with Gasteiger partial charge >= 0.3 is 5.97 Å². The highest BCUT2D eigenvalue weighted by atomic mass is 16.4. The van der Waals surface area contributed by atoms with Crippen molar-refractivity contribution in [2.45, 2.75) is 31.7 Å². The molecule has 1 aliphatic carbocycles. The number of nitrogens with one attached hydrogen (secondary N) is 1. The zero-order valence-electron chi connectivity index (χ0n) is 10.7. The molecule has 1 aromatic heterocycles. The molecular weight excluding hydrogens is 232 g/mol. The monoisotopic (exact) mass is 252 g/mol. The number of carboxylic acid groups (broad SMARTS) is 1. The Bertz CT molecular complexity index is 397. The quantitative estimate of drug-likeness (QED) is 0.813. The van der Waals surface area contributed by atoms with Gasteiger partial charge in [0.1, 0.15) is 0 Å². The Morgan fingerprint density at radius 1 is 1.50 bits per heavy atom. The summed E-state index contributed by atoms with van der Waals surface area (Å²) in [5.74, 6) is -0.542. The molecule has 1 fully saturated rings. The summed E-state index contributed by atoms with van der Waals surface area (Å²) in [6.07, 6.45) is 5.26. The molecular formula is C13H20N2O3. The Labute approximate surface area is 107 Å². The number of furan rings is 1. The van der Waals surface area contributed by atoms with E-state index in [2.05, 4.69) is 17.3 Å². The number of hydrogen-bond acceptors (Lipinski definition) is 4. The molecule has 2 N–H and O–H groups in total. The van der Waals surface area contributed by atoms with Crippen molar-refractivity contribution in [3.05, 3.63) is 17.9 Å². The van der Waals surface area contributed by atoms with Crippen LogP contribution in [-0.2, 0) is 0 Å². The second-order valence-corrected chi connectivity index (χ2v) is 4.81. The molecule has 1 heterocycles. The summed E-state index contributed by atoms with van der Waals surface area (Å²) in [7, 11) is 2.14. The van der Waals surface area contributed by atoms with E-state index in [1.165, 1.54) is 31.7 Å². The van der Waals surface area contributed by atoms with Crippen molar-refractivity contribution in [1.82, 2.24) is 4.90 Å². The topological polar surface area (TPSA) is 65.7 Å². The Kier molecular flexibility index (Phi) is 4.25. The van der Waals surface area contributed by atoms with Gasteiger partial charge in [0.25, 0.3) is 0 Å². The van der Waals surface area contributed by atoms with Crippen molar-refractivity contribution in [3.8, 4) is 0 Å². The molecule has 100 valence electrons. The minimum Gasteiger partial charge on any atom is -0.475 e. The van der Waals surface area contributed by atoms with Crippen molar-refractivity contribution in [2.24, 2.45) is 0 Å². The molecule has 0 radical (unpaired) electrons. The molecule has 0 bridgehead atoms. The highest BCUT2D eigenvalue weighted by molar-refractivity contribution is 5.84. The first kappa shape index (κ1) is 13.0. The smallest absolute Gasteiger partial charge is 0.371 e. The van der Waals surface area contributed by atoms with Gasteiger partial charge in [-0.15, -0.1) is 0 Å². The van der Waals surface area contributed by atoms with E-state index in [-0.39, 0.29) is 5.76 Å². The van der Waals surface area contributed by atoms with E-state index < -0.39 is 5.97 Å². The van der Waals surface area contributed by atoms with Crippen LogP contribution >= 0.6 is 0 Å². The molecule has 0 amide bonds. The lowest BCUT2D eigenvalue weighted by atomic mass is 10.2. The van der Waals surface area contributed by atoms with E-state index in [0.29, 0.717) is 11.9 Å². The second-order valence-electron chi connectivity index (χ2n) is 4.81. The van der Waals surface area contributed by atoms with Crippen LogP contribution in [0.25, 0.3) is 0 Å². The Hall–Kier alpha value is -1.49. The van der Waals surface area contributed by atoms with Gasteiger partial charge in [-0.05, 0) is 26.0 Å². The normalized spacial score (nSPS) is 16.3. The molecule has 0 spiro atoms. The second kappa shape index (κ2) is 5.91. The number of anilines is 1. The third-order valence-corrected chi connectivity index (χ3v) is 3.53. The summed E-state index contributed by atoms with van der Waals surface area (Å²) >= 11 is 0. The minimum atomic E-state index is -1.04. The standard InChI is InChI=1S/C13H20N2O3/c1-15(10-4-2-3-5-10)9-8-14-12-7-6-11(18-12)13(16)17/h6-7,10,14H,2-5,8-9H2,1H3,(H,16,17). The zero-order chi connectivity index (χ0) is 13.0. The molecule has 1 saturated carbocycles. The van der Waals surface area contributed by atoms with Gasteiger partial charge in [0, 0.05) is 25.2 Å². The number of carbonyl (C=O) groups is 1. The maximum atomic E-state index is 10.6. The van der Waals surface area contributed by atoms with E-state index in [9.17, 15) is 4.79 Å². The molecule has 5 heteroatoms. The van der Waals surface area contributed by atoms with Crippen LogP contribution in [0.4, 0.5) is 5.88 Å². The molecule has 0 saturated heterocycles. The van der Waals surface area contributed by atoms with Crippen molar-refractivity contribution >= 4 is 11.9 Å². The van der Waals surface area contributed by atoms with E-state index in [4.69, 9.17) is 9.52 Å². The molecule has 5 nitrogen and oxygen atoms in total. The van der Waals surface area contributed by atoms with E-state index in [1.54, 1.807) is 6.07 Å². The molecule has 2 rings (SSSR count). The van der Waals surface area contributed by atoms with Gasteiger partial charge in [0.15, 0.2) is 5.88 Å². The van der Waals surface area contributed by atoms with Crippen LogP contribution < -0.4 is 5.32 Å². The van der Waals surface area contributed by atoms with Gasteiger partial charge in [-0.3, -0.25) is 0 Å². The summed E-state index contributed by atoms with van der Waals surface area (Å²) < 4.78 is 5.12. The summed E-state index contributed by atoms with van der Waals surface area (Å²) in [4.78, 5) is 13.0. The molecule has 1 aliphatic rings. The van der Waals surface area contributed by atoms with Gasteiger partial charge in [-0.25, -0.2) is 4.79 Å². The molecule has 1 aromatic rings. The van der Waals surface area contributed by atoms with Gasteiger partial charge < -0.3 is 19.7 Å². The lowest BCUT2D eigenvalue weighted by Crippen LogP contribution is -2.33. The fourth-order valence-electron chi connectivity index (χ4n) is 2.43. The van der Waals surface area contributed by atoms with Gasteiger partial charge in [-0.2, -0.15) is 0 Å². The number of aromatic carboxylic acids is 1. The maximum absolute atomic E-state index is 10.6. The van der Waals surface area contributed by atoms with Crippen LogP contribution in [0.1, 0.15) is 36.2 Å². The van der Waals surface area contributed by atoms with Crippen molar-refractivity contribution in [1.29, 1.82) is 0 Å². The lowest BCUT2D eigenvalue weighted by Gasteiger charge is -2.23. The Morgan fingerprint density at radius 2 is 2.22 bits per heavy atom. The fourth-order valence-corrected chi connectivity index (χ4v) is 2.43. The molecule has 18 heavy (non-hydrogen) atoms. The first-order chi connectivity index (χ1) is 8.66. The highest BCUT2D eigenvalue weighted by Crippen LogP contribution is 2.22. The predicted molar refractivity (Wildman–Crippen MR) is 69.0 cm³/mol. The molecule has 0 aliphatic heterocycles. The predicted octanol–water partition coefficient (Wildman–Crippen LogP) is 2.26. The summed E-state index contributed by atoms with van der Waals surface area (Å²) in [6.45, 7) is 1.70. The molecule has 0 atom stereocenters. The van der Waals surface area contributed by atoms with E-state index in [0.717, 1.165) is 13.1 Å². The summed E-state index contributed by atoms with van der Waals surface area (Å²) in [5, 5.41) is 11.8. The molecule has 0 aromatic carbocycles. The number of nitrogens with zero attached hydrogens (tertiary/aromatic N) is 1. The largest absolute Gasteiger partial charge is 0.475 e. The first-order valence-electron chi connectivity index (χ1n) is 6.44. The van der Waals surface area contributed by atoms with E-state index >= 15 is 0 Å². The number of carboxylic acids is 1. The number of rotatable bonds is 6. The third-order valence-electron chi connectivity index (χ3n) is 3.53. The van der Waals surface area contributed by atoms with Crippen LogP contribution in [-0.4, -0.2) is 42.2 Å². The maximum Gasteiger partial charge on any atom is 0.371 e. The van der Waals surface area contributed by atoms with Crippen LogP contribution in [0.5, 0.6) is 0 Å².